The van der Waals surface area contributed by atoms with Crippen LogP contribution in [0.4, 0.5) is 0 Å². The summed E-state index contributed by atoms with van der Waals surface area (Å²) in [7, 11) is 7.67. The van der Waals surface area contributed by atoms with Crippen molar-refractivity contribution in [3.8, 4) is 0 Å². The molecule has 0 unspecified atom stereocenters. The molecule has 0 aromatic heterocycles. The van der Waals surface area contributed by atoms with Crippen LogP contribution in [0, 0.1) is 0 Å². The highest BCUT2D eigenvalue weighted by Crippen LogP contribution is 1.99. The van der Waals surface area contributed by atoms with E-state index in [0.29, 0.717) is 0 Å². The first-order valence-electron chi connectivity index (χ1n) is 3.48. The summed E-state index contributed by atoms with van der Waals surface area (Å²) < 4.78 is 4.62. The average molecular weight is 181 g/mol. The van der Waals surface area contributed by atoms with Crippen LogP contribution in [0.25, 0.3) is 0 Å². The molecule has 0 aromatic carbocycles. The zero-order chi connectivity index (χ0) is 8.15. The number of rotatable bonds is 4. The van der Waals surface area contributed by atoms with E-state index in [9.17, 15) is 0 Å². The third kappa shape index (κ3) is 3.56. The van der Waals surface area contributed by atoms with Crippen molar-refractivity contribution in [2.75, 3.05) is 34.1 Å². The third-order valence-corrected chi connectivity index (χ3v) is 5.33. The highest BCUT2D eigenvalue weighted by atomic mass is 35.5. The molecular weight excluding hydrogens is 164 g/mol. The molecule has 62 valence electrons. The molecule has 4 heteroatoms. The Morgan fingerprint density at radius 2 is 1.50 bits per heavy atom. The molecule has 0 heterocycles. The van der Waals surface area contributed by atoms with Crippen LogP contribution in [-0.4, -0.2) is 52.3 Å². The topological polar surface area (TPSA) is 6.48 Å². The monoisotopic (exact) mass is 180 g/mol. The standard InChI is InChI=1S/C6H17ClN2Si/c1-8(2)10(6-5-7)9(3)4/h10H,5-6H2,1-4H3. The SMILES string of the molecule is CN(C)[SiH](CCCl)N(C)C. The van der Waals surface area contributed by atoms with Crippen molar-refractivity contribution in [1.82, 2.24) is 9.13 Å². The van der Waals surface area contributed by atoms with E-state index in [1.54, 1.807) is 0 Å². The van der Waals surface area contributed by atoms with E-state index in [1.807, 2.05) is 0 Å². The quantitative estimate of drug-likeness (QED) is 0.461. The summed E-state index contributed by atoms with van der Waals surface area (Å²) in [5.41, 5.74) is 0. The fourth-order valence-corrected chi connectivity index (χ4v) is 3.81. The molecule has 2 nitrogen and oxygen atoms in total. The van der Waals surface area contributed by atoms with Crippen LogP contribution in [0.5, 0.6) is 0 Å². The number of hydrogen-bond acceptors (Lipinski definition) is 2. The Morgan fingerprint density at radius 3 is 1.60 bits per heavy atom. The molecule has 0 amide bonds. The first-order chi connectivity index (χ1) is 4.59. The largest absolute Gasteiger partial charge is 0.320 e. The predicted molar refractivity (Wildman–Crippen MR) is 50.1 cm³/mol. The average Bonchev–Trinajstić information content (AvgIpc) is 1.81. The van der Waals surface area contributed by atoms with Gasteiger partial charge in [0.15, 0.2) is 9.12 Å². The Labute approximate surface area is 70.5 Å². The molecule has 0 aliphatic carbocycles. The van der Waals surface area contributed by atoms with Gasteiger partial charge in [0.05, 0.1) is 0 Å². The lowest BCUT2D eigenvalue weighted by atomic mass is 11.0. The molecule has 10 heavy (non-hydrogen) atoms. The highest BCUT2D eigenvalue weighted by Gasteiger charge is 2.14. The van der Waals surface area contributed by atoms with Gasteiger partial charge in [0.1, 0.15) is 0 Å². The summed E-state index contributed by atoms with van der Waals surface area (Å²) >= 11 is 5.67. The van der Waals surface area contributed by atoms with Crippen molar-refractivity contribution in [1.29, 1.82) is 0 Å². The fourth-order valence-electron chi connectivity index (χ4n) is 1.08. The Kier molecular flexibility index (Phi) is 5.35. The van der Waals surface area contributed by atoms with Crippen molar-refractivity contribution in [3.63, 3.8) is 0 Å². The number of hydrogen-bond donors (Lipinski definition) is 0. The van der Waals surface area contributed by atoms with Crippen molar-refractivity contribution in [3.05, 3.63) is 0 Å². The molecule has 0 aliphatic heterocycles. The van der Waals surface area contributed by atoms with Gasteiger partial charge in [-0.3, -0.25) is 0 Å². The van der Waals surface area contributed by atoms with Gasteiger partial charge in [-0.1, -0.05) is 0 Å². The molecule has 0 aliphatic rings. The minimum atomic E-state index is -0.846. The van der Waals surface area contributed by atoms with E-state index in [4.69, 9.17) is 11.6 Å². The minimum absolute atomic E-state index is 0.785. The molecule has 0 spiro atoms. The van der Waals surface area contributed by atoms with Crippen molar-refractivity contribution >= 4 is 20.7 Å². The summed E-state index contributed by atoms with van der Waals surface area (Å²) in [6, 6.07) is 1.15. The summed E-state index contributed by atoms with van der Waals surface area (Å²) in [5, 5.41) is 0. The molecule has 0 saturated heterocycles. The smallest absolute Gasteiger partial charge is 0.190 e. The highest BCUT2D eigenvalue weighted by molar-refractivity contribution is 6.53. The van der Waals surface area contributed by atoms with E-state index in [2.05, 4.69) is 37.3 Å². The Balaban J connectivity index is 3.73. The van der Waals surface area contributed by atoms with E-state index in [1.165, 1.54) is 0 Å². The summed E-state index contributed by atoms with van der Waals surface area (Å²) in [5.74, 6) is 0.785. The second kappa shape index (κ2) is 5.13. The first kappa shape index (κ1) is 10.4. The van der Waals surface area contributed by atoms with E-state index in [-0.39, 0.29) is 0 Å². The third-order valence-electron chi connectivity index (χ3n) is 1.56. The van der Waals surface area contributed by atoms with Gasteiger partial charge in [0.2, 0.25) is 0 Å². The Bertz CT molecular complexity index is 79.8. The van der Waals surface area contributed by atoms with Gasteiger partial charge in [0.25, 0.3) is 0 Å². The second-order valence-electron chi connectivity index (χ2n) is 2.89. The fraction of sp³-hybridized carbons (Fsp3) is 1.00. The second-order valence-corrected chi connectivity index (χ2v) is 6.87. The lowest BCUT2D eigenvalue weighted by molar-refractivity contribution is 0.516. The van der Waals surface area contributed by atoms with Crippen LogP contribution in [0.2, 0.25) is 6.04 Å². The molecule has 0 N–H and O–H groups in total. The molecule has 0 radical (unpaired) electrons. The van der Waals surface area contributed by atoms with Crippen LogP contribution in [0.3, 0.4) is 0 Å². The van der Waals surface area contributed by atoms with Crippen LogP contribution in [0.15, 0.2) is 0 Å². The maximum atomic E-state index is 5.67. The lowest BCUT2D eigenvalue weighted by Gasteiger charge is -2.27. The summed E-state index contributed by atoms with van der Waals surface area (Å²) in [4.78, 5) is 0. The van der Waals surface area contributed by atoms with Gasteiger partial charge in [0, 0.05) is 5.88 Å². The Morgan fingerprint density at radius 1 is 1.10 bits per heavy atom. The van der Waals surface area contributed by atoms with Crippen molar-refractivity contribution in [2.45, 2.75) is 6.04 Å². The Hall–Kier alpha value is 0.427. The number of halogens is 1. The first-order valence-corrected chi connectivity index (χ1v) is 5.86. The van der Waals surface area contributed by atoms with Crippen LogP contribution in [-0.2, 0) is 0 Å². The zero-order valence-corrected chi connectivity index (χ0v) is 9.17. The van der Waals surface area contributed by atoms with Crippen molar-refractivity contribution < 1.29 is 0 Å². The van der Waals surface area contributed by atoms with Gasteiger partial charge in [-0.15, -0.1) is 11.6 Å². The van der Waals surface area contributed by atoms with Gasteiger partial charge in [-0.05, 0) is 34.2 Å². The molecule has 0 bridgehead atoms. The van der Waals surface area contributed by atoms with Gasteiger partial charge < -0.3 is 9.13 Å². The maximum Gasteiger partial charge on any atom is 0.190 e. The zero-order valence-electron chi connectivity index (χ0n) is 7.26. The maximum absolute atomic E-state index is 5.67. The van der Waals surface area contributed by atoms with Gasteiger partial charge in [-0.25, -0.2) is 0 Å². The molecule has 0 atom stereocenters. The van der Waals surface area contributed by atoms with E-state index < -0.39 is 9.12 Å². The lowest BCUT2D eigenvalue weighted by Crippen LogP contribution is -2.45. The molecular formula is C6H17ClN2Si. The minimum Gasteiger partial charge on any atom is -0.320 e. The molecule has 0 rings (SSSR count). The normalized spacial score (nSPS) is 12.0. The van der Waals surface area contributed by atoms with Crippen molar-refractivity contribution in [2.24, 2.45) is 0 Å². The van der Waals surface area contributed by atoms with Crippen LogP contribution < -0.4 is 0 Å². The van der Waals surface area contributed by atoms with E-state index in [0.717, 1.165) is 11.9 Å². The van der Waals surface area contributed by atoms with Crippen LogP contribution in [0.1, 0.15) is 0 Å². The molecule has 0 saturated carbocycles. The van der Waals surface area contributed by atoms with Gasteiger partial charge in [-0.2, -0.15) is 0 Å². The predicted octanol–water partition coefficient (Wildman–Crippen LogP) is 0.569. The number of nitrogens with zero attached hydrogens (tertiary/aromatic N) is 2. The summed E-state index contributed by atoms with van der Waals surface area (Å²) in [6.07, 6.45) is 0. The van der Waals surface area contributed by atoms with Gasteiger partial charge >= 0.3 is 0 Å². The molecule has 0 aromatic rings. The number of alkyl halides is 1. The molecule has 0 fully saturated rings. The van der Waals surface area contributed by atoms with Crippen LogP contribution >= 0.6 is 11.6 Å². The van der Waals surface area contributed by atoms with E-state index >= 15 is 0 Å². The summed E-state index contributed by atoms with van der Waals surface area (Å²) in [6.45, 7) is 0.